The fraction of sp³-hybridized carbons (Fsp3) is 0.333. The molecule has 9 nitrogen and oxygen atoms in total. The van der Waals surface area contributed by atoms with Gasteiger partial charge in [0, 0.05) is 18.7 Å². The number of benzene rings is 1. The van der Waals surface area contributed by atoms with Crippen LogP contribution in [0.25, 0.3) is 0 Å². The van der Waals surface area contributed by atoms with Gasteiger partial charge in [-0.1, -0.05) is 35.7 Å². The van der Waals surface area contributed by atoms with Crippen molar-refractivity contribution in [2.45, 2.75) is 37.1 Å². The second-order valence-corrected chi connectivity index (χ2v) is 9.06. The number of hydrogen-bond donors (Lipinski definition) is 2. The third kappa shape index (κ3) is 5.59. The Labute approximate surface area is 183 Å². The van der Waals surface area contributed by atoms with Gasteiger partial charge in [-0.15, -0.1) is 0 Å². The Bertz CT molecular complexity index is 1150. The molecule has 1 aromatic heterocycles. The minimum Gasteiger partial charge on any atom is -0.324 e. The number of amides is 1. The summed E-state index contributed by atoms with van der Waals surface area (Å²) in [6, 6.07) is 5.77. The van der Waals surface area contributed by atoms with Gasteiger partial charge in [0.25, 0.3) is 15.6 Å². The van der Waals surface area contributed by atoms with E-state index in [0.717, 1.165) is 30.1 Å². The van der Waals surface area contributed by atoms with E-state index in [1.807, 2.05) is 0 Å². The third-order valence-corrected chi connectivity index (χ3v) is 6.42. The lowest BCUT2D eigenvalue weighted by Crippen LogP contribution is -2.31. The Balaban J connectivity index is 1.72. The third-order valence-electron chi connectivity index (χ3n) is 4.29. The number of rotatable bonds is 5. The maximum absolute atomic E-state index is 12.7. The van der Waals surface area contributed by atoms with Crippen molar-refractivity contribution in [2.75, 3.05) is 11.9 Å². The molecule has 0 saturated heterocycles. The lowest BCUT2D eigenvalue weighted by molar-refractivity contribution is -0.117. The highest BCUT2D eigenvalue weighted by molar-refractivity contribution is 7.90. The number of nitrogens with zero attached hydrogens (tertiary/aromatic N) is 3. The quantitative estimate of drug-likeness (QED) is 0.692. The summed E-state index contributed by atoms with van der Waals surface area (Å²) in [5, 5.41) is 6.05. The number of carbonyl (C=O) groups is 1. The number of aliphatic imine (C=N–C) groups is 1. The van der Waals surface area contributed by atoms with Gasteiger partial charge in [0.15, 0.2) is 0 Å². The van der Waals surface area contributed by atoms with Crippen LogP contribution < -0.4 is 15.6 Å². The van der Waals surface area contributed by atoms with Gasteiger partial charge in [-0.25, -0.2) is 13.1 Å². The molecule has 12 heteroatoms. The van der Waals surface area contributed by atoms with Crippen LogP contribution in [0.3, 0.4) is 0 Å². The first kappa shape index (κ1) is 22.3. The number of nitrogens with one attached hydrogen (secondary N) is 2. The van der Waals surface area contributed by atoms with Crippen molar-refractivity contribution in [3.63, 3.8) is 0 Å². The Morgan fingerprint density at radius 3 is 2.80 bits per heavy atom. The molecule has 30 heavy (non-hydrogen) atoms. The van der Waals surface area contributed by atoms with Crippen LogP contribution in [0.1, 0.15) is 25.7 Å². The molecule has 160 valence electrons. The zero-order chi connectivity index (χ0) is 21.7. The molecule has 0 radical (unpaired) electrons. The summed E-state index contributed by atoms with van der Waals surface area (Å²) in [4.78, 5) is 28.5. The van der Waals surface area contributed by atoms with E-state index in [4.69, 9.17) is 23.2 Å². The summed E-state index contributed by atoms with van der Waals surface area (Å²) in [6.07, 6.45) is 4.55. The van der Waals surface area contributed by atoms with Crippen molar-refractivity contribution in [1.29, 1.82) is 0 Å². The summed E-state index contributed by atoms with van der Waals surface area (Å²) >= 11 is 11.5. The molecule has 0 saturated carbocycles. The van der Waals surface area contributed by atoms with Crippen molar-refractivity contribution in [3.05, 3.63) is 50.9 Å². The lowest BCUT2D eigenvalue weighted by atomic mass is 10.2. The van der Waals surface area contributed by atoms with Gasteiger partial charge in [0.2, 0.25) is 5.91 Å². The predicted octanol–water partition coefficient (Wildman–Crippen LogP) is 2.44. The number of sulfonamides is 1. The largest absolute Gasteiger partial charge is 0.324 e. The van der Waals surface area contributed by atoms with E-state index in [0.29, 0.717) is 18.8 Å². The first-order chi connectivity index (χ1) is 14.3. The van der Waals surface area contributed by atoms with E-state index in [1.54, 1.807) is 0 Å². The van der Waals surface area contributed by atoms with Crippen molar-refractivity contribution >= 4 is 50.7 Å². The maximum Gasteiger partial charge on any atom is 0.287 e. The smallest absolute Gasteiger partial charge is 0.287 e. The molecular formula is C18H19Cl2N5O4S. The number of anilines is 1. The number of carbonyl (C=O) groups excluding carboxylic acids is 1. The molecule has 1 amide bonds. The van der Waals surface area contributed by atoms with Gasteiger partial charge >= 0.3 is 0 Å². The molecule has 0 unspecified atom stereocenters. The van der Waals surface area contributed by atoms with E-state index in [2.05, 4.69) is 20.1 Å². The number of hydrogen-bond acceptors (Lipinski definition) is 6. The van der Waals surface area contributed by atoms with Crippen LogP contribution in [0.4, 0.5) is 5.69 Å². The van der Waals surface area contributed by atoms with E-state index < -0.39 is 28.0 Å². The zero-order valence-corrected chi connectivity index (χ0v) is 18.1. The van der Waals surface area contributed by atoms with Gasteiger partial charge in [-0.3, -0.25) is 19.3 Å². The van der Waals surface area contributed by atoms with Crippen LogP contribution in [0, 0.1) is 0 Å². The molecule has 1 aliphatic heterocycles. The molecule has 3 rings (SSSR count). The minimum absolute atomic E-state index is 0.0120. The molecule has 2 aromatic rings. The highest BCUT2D eigenvalue weighted by atomic mass is 35.5. The standard InChI is InChI=1S/C18H19Cl2N5O4S/c19-14-10-22-25(18(27)17(14)20)11-16(26)23-12-5-4-6-13(9-12)30(28,29)24-15-7-2-1-3-8-21-15/h4-6,9-10H,1-3,7-8,11H2,(H,21,24)(H,23,26). The second-order valence-electron chi connectivity index (χ2n) is 6.59. The average Bonchev–Trinajstić information content (AvgIpc) is 2.97. The van der Waals surface area contributed by atoms with Gasteiger partial charge in [-0.05, 0) is 31.0 Å². The normalized spacial score (nSPS) is 14.5. The Hall–Kier alpha value is -2.43. The highest BCUT2D eigenvalue weighted by Crippen LogP contribution is 2.17. The van der Waals surface area contributed by atoms with E-state index in [1.165, 1.54) is 24.3 Å². The Morgan fingerprint density at radius 1 is 1.20 bits per heavy atom. The summed E-state index contributed by atoms with van der Waals surface area (Å²) in [7, 11) is -3.84. The van der Waals surface area contributed by atoms with Crippen LogP contribution >= 0.6 is 23.2 Å². The topological polar surface area (TPSA) is 123 Å². The number of amidine groups is 1. The summed E-state index contributed by atoms with van der Waals surface area (Å²) in [5.74, 6) is -0.148. The highest BCUT2D eigenvalue weighted by Gasteiger charge is 2.18. The second kappa shape index (κ2) is 9.59. The molecule has 2 N–H and O–H groups in total. The van der Waals surface area contributed by atoms with Gasteiger partial charge in [0.1, 0.15) is 17.4 Å². The predicted molar refractivity (Wildman–Crippen MR) is 115 cm³/mol. The molecule has 2 heterocycles. The summed E-state index contributed by atoms with van der Waals surface area (Å²) < 4.78 is 28.7. The average molecular weight is 472 g/mol. The minimum atomic E-state index is -3.84. The number of aromatic nitrogens is 2. The van der Waals surface area contributed by atoms with Gasteiger partial charge in [0.05, 0.1) is 16.1 Å². The van der Waals surface area contributed by atoms with E-state index in [-0.39, 0.29) is 20.6 Å². The van der Waals surface area contributed by atoms with Crippen LogP contribution in [-0.2, 0) is 21.4 Å². The monoisotopic (exact) mass is 471 g/mol. The summed E-state index contributed by atoms with van der Waals surface area (Å²) in [5.41, 5.74) is -0.456. The van der Waals surface area contributed by atoms with Crippen LogP contribution in [0.2, 0.25) is 10.0 Å². The van der Waals surface area contributed by atoms with Gasteiger partial charge in [-0.2, -0.15) is 5.10 Å². The molecule has 0 bridgehead atoms. The van der Waals surface area contributed by atoms with Gasteiger partial charge < -0.3 is 5.32 Å². The Kier molecular flexibility index (Phi) is 7.11. The zero-order valence-electron chi connectivity index (χ0n) is 15.8. The van der Waals surface area contributed by atoms with Crippen LogP contribution in [0.15, 0.2) is 45.1 Å². The molecule has 1 aromatic carbocycles. The molecule has 0 aliphatic carbocycles. The lowest BCUT2D eigenvalue weighted by Gasteiger charge is -2.11. The van der Waals surface area contributed by atoms with E-state index >= 15 is 0 Å². The number of halogens is 2. The molecule has 0 fully saturated rings. The molecule has 1 aliphatic rings. The fourth-order valence-corrected chi connectivity index (χ4v) is 4.21. The van der Waals surface area contributed by atoms with Crippen LogP contribution in [0.5, 0.6) is 0 Å². The van der Waals surface area contributed by atoms with Crippen molar-refractivity contribution in [2.24, 2.45) is 4.99 Å². The Morgan fingerprint density at radius 2 is 2.00 bits per heavy atom. The van der Waals surface area contributed by atoms with Crippen molar-refractivity contribution in [3.8, 4) is 0 Å². The van der Waals surface area contributed by atoms with E-state index in [9.17, 15) is 18.0 Å². The van der Waals surface area contributed by atoms with Crippen LogP contribution in [-0.4, -0.2) is 36.5 Å². The SMILES string of the molecule is O=C(Cn1ncc(Cl)c(Cl)c1=O)Nc1cccc(S(=O)(=O)NC2=NCCCCC2)c1. The molecule has 0 atom stereocenters. The first-order valence-corrected chi connectivity index (χ1v) is 11.4. The fourth-order valence-electron chi connectivity index (χ4n) is 2.81. The molecule has 0 spiro atoms. The van der Waals surface area contributed by atoms with Crippen molar-refractivity contribution < 1.29 is 13.2 Å². The van der Waals surface area contributed by atoms with Crippen molar-refractivity contribution in [1.82, 2.24) is 14.5 Å². The first-order valence-electron chi connectivity index (χ1n) is 9.13. The molecular weight excluding hydrogens is 453 g/mol. The maximum atomic E-state index is 12.7. The summed E-state index contributed by atoms with van der Waals surface area (Å²) in [6.45, 7) is 0.178.